The third-order valence-electron chi connectivity index (χ3n) is 5.69. The van der Waals surface area contributed by atoms with Crippen LogP contribution in [-0.4, -0.2) is 109 Å². The number of fused-ring (bicyclic) bond motifs is 1. The van der Waals surface area contributed by atoms with Crippen molar-refractivity contribution < 1.29 is 70.8 Å². The Morgan fingerprint density at radius 3 is 2.20 bits per heavy atom. The minimum absolute atomic E-state index is 0.0249. The number of aliphatic hydroxyl groups is 2. The number of phosphoric acid groups is 1. The average molecular weight is 601 g/mol. The van der Waals surface area contributed by atoms with Gasteiger partial charge in [0.2, 0.25) is 19.9 Å². The van der Waals surface area contributed by atoms with Crippen LogP contribution < -0.4 is 5.73 Å². The van der Waals surface area contributed by atoms with Gasteiger partial charge in [0.1, 0.15) is 11.9 Å². The number of ether oxygens (including phenoxy) is 6. The first-order chi connectivity index (χ1) is 18.7. The highest BCUT2D eigenvalue weighted by molar-refractivity contribution is 7.48. The monoisotopic (exact) mass is 601 g/mol. The molecule has 3 rings (SSSR count). The van der Waals surface area contributed by atoms with E-state index >= 15 is 4.39 Å². The lowest BCUT2D eigenvalue weighted by atomic mass is 10.1. The molecule has 0 amide bonds. The molecule has 2 heterocycles. The van der Waals surface area contributed by atoms with Crippen molar-refractivity contribution in [1.82, 2.24) is 4.90 Å². The summed E-state index contributed by atoms with van der Waals surface area (Å²) in [4.78, 5) is 27.9. The summed E-state index contributed by atoms with van der Waals surface area (Å²) < 4.78 is 74.1. The van der Waals surface area contributed by atoms with Gasteiger partial charge < -0.3 is 49.3 Å². The highest BCUT2D eigenvalue weighted by Gasteiger charge is 2.90. The maximum Gasteiger partial charge on any atom is 0.510 e. The molecule has 1 saturated heterocycles. The first kappa shape index (κ1) is 32.0. The molecule has 0 bridgehead atoms. The van der Waals surface area contributed by atoms with Crippen molar-refractivity contribution in [3.63, 3.8) is 0 Å². The third-order valence-corrected chi connectivity index (χ3v) is 7.01. The maximum atomic E-state index is 15.7. The second kappa shape index (κ2) is 12.5. The lowest BCUT2D eigenvalue weighted by Gasteiger charge is -2.35. The highest BCUT2D eigenvalue weighted by atomic mass is 31.2. The lowest BCUT2D eigenvalue weighted by Crippen LogP contribution is -2.50. The van der Waals surface area contributed by atoms with E-state index in [9.17, 15) is 24.4 Å². The number of nitrogens with two attached hydrogens (primary N) is 1. The van der Waals surface area contributed by atoms with Crippen LogP contribution in [0.5, 0.6) is 0 Å². The Morgan fingerprint density at radius 1 is 1.18 bits per heavy atom. The minimum Gasteiger partial charge on any atom is -0.432 e. The van der Waals surface area contributed by atoms with E-state index in [2.05, 4.69) is 14.5 Å². The van der Waals surface area contributed by atoms with Gasteiger partial charge in [0.15, 0.2) is 23.6 Å². The number of nitrogens with zero attached hydrogens (tertiary/aromatic N) is 2. The molecule has 0 aromatic heterocycles. The van der Waals surface area contributed by atoms with Crippen LogP contribution in [0.3, 0.4) is 0 Å². The van der Waals surface area contributed by atoms with Gasteiger partial charge in [0.25, 0.3) is 0 Å². The van der Waals surface area contributed by atoms with E-state index in [1.807, 2.05) is 0 Å². The Bertz CT molecular complexity index is 1010. The molecule has 6 atom stereocenters. The van der Waals surface area contributed by atoms with Gasteiger partial charge in [-0.15, -0.1) is 0 Å². The number of carbonyl (C=O) groups excluding carboxylic acids is 2. The molecular weight excluding hydrogens is 568 g/mol. The topological polar surface area (TPSA) is 216 Å². The lowest BCUT2D eigenvalue weighted by molar-refractivity contribution is -0.162. The van der Waals surface area contributed by atoms with Gasteiger partial charge >= 0.3 is 20.1 Å². The fourth-order valence-corrected chi connectivity index (χ4v) is 5.13. The second-order valence-corrected chi connectivity index (χ2v) is 10.9. The van der Waals surface area contributed by atoms with E-state index in [4.69, 9.17) is 38.3 Å². The van der Waals surface area contributed by atoms with Crippen LogP contribution in [0.1, 0.15) is 27.7 Å². The van der Waals surface area contributed by atoms with Crippen LogP contribution in [0, 0.1) is 0 Å². The number of phosphoric ester groups is 1. The van der Waals surface area contributed by atoms with Gasteiger partial charge in [-0.3, -0.25) is 4.52 Å². The molecule has 17 nitrogen and oxygen atoms in total. The van der Waals surface area contributed by atoms with E-state index in [-0.39, 0.29) is 5.84 Å². The number of alkyl halides is 1. The van der Waals surface area contributed by atoms with Crippen molar-refractivity contribution in [3.8, 4) is 0 Å². The van der Waals surface area contributed by atoms with Crippen molar-refractivity contribution in [1.29, 1.82) is 0 Å². The molecule has 0 spiro atoms. The predicted octanol–water partition coefficient (Wildman–Crippen LogP) is 0.838. The molecule has 2 fully saturated rings. The highest BCUT2D eigenvalue weighted by Crippen LogP contribution is 2.68. The van der Waals surface area contributed by atoms with Crippen LogP contribution in [0.25, 0.3) is 0 Å². The third kappa shape index (κ3) is 6.66. The number of hydrogen-bond acceptors (Lipinski definition) is 17. The fourth-order valence-electron chi connectivity index (χ4n) is 3.98. The summed E-state index contributed by atoms with van der Waals surface area (Å²) in [6.07, 6.45) is -8.18. The Labute approximate surface area is 228 Å². The first-order valence-electron chi connectivity index (χ1n) is 11.9. The Morgan fingerprint density at radius 2 is 1.73 bits per heavy atom. The molecule has 40 heavy (non-hydrogen) atoms. The molecule has 2 aliphatic heterocycles. The summed E-state index contributed by atoms with van der Waals surface area (Å²) in [7, 11) is -3.67. The number of aliphatic imine (C=N–C) groups is 1. The fraction of sp³-hybridized carbons (Fsp3) is 0.762. The number of aliphatic hydroxyl groups excluding tert-OH is 1. The molecule has 1 saturated carbocycles. The standard InChI is InChI=1S/C21H33FN3O14P/c1-11(2)36-18(27)32-9-34-40(30,35-10-33-19(28)37-12(3)4)39-16-20(8-31-5)21(16,29)14(22)15(38-20)25-7-6-13(23)24-17(25)26/h6-7,11-12,14-17,26,29H,8-10H2,1-5H3,(H2,23,24)/t14-,15+,16?,17?,20+,21+/m0/s1. The normalized spacial score (nSPS) is 31.1. The van der Waals surface area contributed by atoms with Crippen molar-refractivity contribution in [2.75, 3.05) is 27.3 Å². The quantitative estimate of drug-likeness (QED) is 0.151. The zero-order chi connectivity index (χ0) is 29.9. The first-order valence-corrected chi connectivity index (χ1v) is 13.4. The molecule has 2 unspecified atom stereocenters. The SMILES string of the molecule is COC[C@]12O[C@@H](N3C=CC(N)=NC3O)[C@H](F)[C@@]1(O)C2OP(=O)(OCOC(=O)OC(C)C)OCOC(=O)OC(C)C. The molecule has 0 radical (unpaired) electrons. The van der Waals surface area contributed by atoms with E-state index in [0.717, 1.165) is 4.90 Å². The molecule has 0 aromatic carbocycles. The van der Waals surface area contributed by atoms with E-state index < -0.39 is 88.6 Å². The summed E-state index contributed by atoms with van der Waals surface area (Å²) in [6.45, 7) is 3.66. The molecule has 3 aliphatic rings. The molecule has 228 valence electrons. The number of rotatable bonds is 13. The van der Waals surface area contributed by atoms with Crippen molar-refractivity contribution in [2.45, 2.75) is 76.0 Å². The van der Waals surface area contributed by atoms with E-state index in [0.29, 0.717) is 0 Å². The second-order valence-electron chi connectivity index (χ2n) is 9.27. The van der Waals surface area contributed by atoms with Crippen LogP contribution in [0.15, 0.2) is 17.3 Å². The number of carbonyl (C=O) groups is 2. The Balaban J connectivity index is 1.75. The van der Waals surface area contributed by atoms with Gasteiger partial charge in [-0.1, -0.05) is 0 Å². The molecule has 1 aliphatic carbocycles. The Kier molecular flexibility index (Phi) is 10.0. The number of halogens is 1. The predicted molar refractivity (Wildman–Crippen MR) is 128 cm³/mol. The summed E-state index contributed by atoms with van der Waals surface area (Å²) in [6, 6.07) is 0. The van der Waals surface area contributed by atoms with E-state index in [1.165, 1.54) is 19.4 Å². The van der Waals surface area contributed by atoms with Crippen molar-refractivity contribution in [2.24, 2.45) is 10.7 Å². The summed E-state index contributed by atoms with van der Waals surface area (Å²) in [5.74, 6) is -0.0249. The number of hydrogen-bond donors (Lipinski definition) is 3. The minimum atomic E-state index is -4.90. The maximum absolute atomic E-state index is 15.7. The van der Waals surface area contributed by atoms with Crippen LogP contribution in [0.4, 0.5) is 14.0 Å². The number of methoxy groups -OCH3 is 1. The molecule has 0 aromatic rings. The molecule has 4 N–H and O–H groups in total. The van der Waals surface area contributed by atoms with Gasteiger partial charge in [-0.2, -0.15) is 0 Å². The average Bonchev–Trinajstić information content (AvgIpc) is 3.21. The van der Waals surface area contributed by atoms with Gasteiger partial charge in [0, 0.05) is 13.3 Å². The van der Waals surface area contributed by atoms with Crippen LogP contribution in [-0.2, 0) is 46.6 Å². The summed E-state index contributed by atoms with van der Waals surface area (Å²) in [5.41, 5.74) is 1.06. The number of amidine groups is 1. The van der Waals surface area contributed by atoms with Crippen molar-refractivity contribution in [3.05, 3.63) is 12.3 Å². The van der Waals surface area contributed by atoms with Gasteiger partial charge in [-0.25, -0.2) is 32.6 Å². The smallest absolute Gasteiger partial charge is 0.432 e. The Hall–Kier alpha value is -2.57. The zero-order valence-electron chi connectivity index (χ0n) is 22.3. The van der Waals surface area contributed by atoms with Gasteiger partial charge in [0.05, 0.1) is 18.8 Å². The zero-order valence-corrected chi connectivity index (χ0v) is 23.2. The van der Waals surface area contributed by atoms with E-state index in [1.54, 1.807) is 27.7 Å². The van der Waals surface area contributed by atoms with Crippen LogP contribution in [0.2, 0.25) is 0 Å². The largest absolute Gasteiger partial charge is 0.510 e. The molecular formula is C21H33FN3O14P. The van der Waals surface area contributed by atoms with Crippen molar-refractivity contribution >= 4 is 26.0 Å². The van der Waals surface area contributed by atoms with Crippen LogP contribution >= 0.6 is 7.82 Å². The summed E-state index contributed by atoms with van der Waals surface area (Å²) in [5, 5.41) is 21.5. The summed E-state index contributed by atoms with van der Waals surface area (Å²) >= 11 is 0. The van der Waals surface area contributed by atoms with Gasteiger partial charge in [-0.05, 0) is 33.8 Å². The molecule has 19 heteroatoms.